The van der Waals surface area contributed by atoms with Crippen LogP contribution in [0, 0.1) is 0 Å². The van der Waals surface area contributed by atoms with Gasteiger partial charge in [0.15, 0.2) is 0 Å². The molecular weight excluding hydrogens is 392 g/mol. The highest BCUT2D eigenvalue weighted by Gasteiger charge is 2.22. The number of carbonyl (C=O) groups is 1. The van der Waals surface area contributed by atoms with Gasteiger partial charge in [0.1, 0.15) is 25.7 Å². The van der Waals surface area contributed by atoms with E-state index in [4.69, 9.17) is 4.74 Å². The van der Waals surface area contributed by atoms with Gasteiger partial charge in [-0.2, -0.15) is 0 Å². The predicted molar refractivity (Wildman–Crippen MR) is 107 cm³/mol. The minimum Gasteiger partial charge on any atom is -0.370 e. The molecule has 0 spiro atoms. The maximum atomic E-state index is 12.5. The summed E-state index contributed by atoms with van der Waals surface area (Å²) < 4.78 is 6.42. The molecule has 4 nitrogen and oxygen atoms in total. The fraction of sp³-hybridized carbons (Fsp3) is 0.286. The number of carbonyl (C=O) groups excluding carboxylic acids is 1. The summed E-state index contributed by atoms with van der Waals surface area (Å²) in [5.74, 6) is -0.0812. The highest BCUT2D eigenvalue weighted by molar-refractivity contribution is 9.10. The summed E-state index contributed by atoms with van der Waals surface area (Å²) >= 11 is 3.50. The topological polar surface area (TPSA) is 42.8 Å². The largest absolute Gasteiger partial charge is 0.370 e. The van der Waals surface area contributed by atoms with Crippen molar-refractivity contribution in [1.29, 1.82) is 0 Å². The molecule has 0 radical (unpaired) electrons. The lowest BCUT2D eigenvalue weighted by atomic mass is 10.1. The standard InChI is InChI=1S/C21H23BrN2O2/c22-19-9-5-4-6-17(19)10-11-21(25)23-20(18-7-2-1-3-8-18)16-24-12-14-26-15-13-24/h1-11,20H,12-16H2,(H,23,25)/p+1/b11-10+/t20-/m1/s1. The number of hydrogen-bond acceptors (Lipinski definition) is 2. The van der Waals surface area contributed by atoms with Gasteiger partial charge in [0, 0.05) is 10.5 Å². The van der Waals surface area contributed by atoms with Gasteiger partial charge in [-0.25, -0.2) is 0 Å². The Labute approximate surface area is 163 Å². The molecule has 26 heavy (non-hydrogen) atoms. The van der Waals surface area contributed by atoms with Gasteiger partial charge in [0.25, 0.3) is 0 Å². The van der Waals surface area contributed by atoms with Gasteiger partial charge < -0.3 is 15.0 Å². The van der Waals surface area contributed by atoms with Crippen molar-refractivity contribution in [2.24, 2.45) is 0 Å². The van der Waals surface area contributed by atoms with Gasteiger partial charge in [-0.05, 0) is 23.3 Å². The van der Waals surface area contributed by atoms with Gasteiger partial charge in [-0.1, -0.05) is 64.5 Å². The van der Waals surface area contributed by atoms with E-state index in [0.29, 0.717) is 0 Å². The zero-order valence-electron chi connectivity index (χ0n) is 14.7. The summed E-state index contributed by atoms with van der Waals surface area (Å²) in [4.78, 5) is 14.0. The predicted octanol–water partition coefficient (Wildman–Crippen LogP) is 2.23. The number of amides is 1. The molecule has 2 aromatic rings. The van der Waals surface area contributed by atoms with Gasteiger partial charge in [-0.15, -0.1) is 0 Å². The number of nitrogens with one attached hydrogen (secondary N) is 2. The number of quaternary nitrogens is 1. The quantitative estimate of drug-likeness (QED) is 0.710. The van der Waals surface area contributed by atoms with Gasteiger partial charge in [0.05, 0.1) is 13.2 Å². The number of morpholine rings is 1. The molecule has 136 valence electrons. The van der Waals surface area contributed by atoms with E-state index in [9.17, 15) is 4.79 Å². The molecule has 0 aromatic heterocycles. The Balaban J connectivity index is 1.68. The van der Waals surface area contributed by atoms with Gasteiger partial charge >= 0.3 is 0 Å². The molecule has 2 N–H and O–H groups in total. The molecule has 1 atom stereocenters. The Hall–Kier alpha value is -1.95. The van der Waals surface area contributed by atoms with Crippen LogP contribution in [0.4, 0.5) is 0 Å². The average molecular weight is 416 g/mol. The highest BCUT2D eigenvalue weighted by atomic mass is 79.9. The number of rotatable bonds is 6. The first-order valence-electron chi connectivity index (χ1n) is 8.92. The fourth-order valence-electron chi connectivity index (χ4n) is 3.09. The molecule has 1 heterocycles. The van der Waals surface area contributed by atoms with E-state index in [-0.39, 0.29) is 11.9 Å². The first kappa shape index (κ1) is 18.8. The number of halogens is 1. The summed E-state index contributed by atoms with van der Waals surface area (Å²) in [6.45, 7) is 4.39. The number of ether oxygens (including phenoxy) is 1. The number of hydrogen-bond donors (Lipinski definition) is 2. The van der Waals surface area contributed by atoms with Crippen molar-refractivity contribution in [3.63, 3.8) is 0 Å². The van der Waals surface area contributed by atoms with Gasteiger partial charge in [-0.3, -0.25) is 4.79 Å². The van der Waals surface area contributed by atoms with Crippen LogP contribution in [0.1, 0.15) is 17.2 Å². The van der Waals surface area contributed by atoms with E-state index >= 15 is 0 Å². The van der Waals surface area contributed by atoms with E-state index in [1.165, 1.54) is 4.90 Å². The third kappa shape index (κ3) is 5.53. The third-order valence-electron chi connectivity index (χ3n) is 4.53. The second-order valence-electron chi connectivity index (χ2n) is 6.39. The van der Waals surface area contributed by atoms with Crippen molar-refractivity contribution >= 4 is 27.9 Å². The van der Waals surface area contributed by atoms with E-state index < -0.39 is 0 Å². The van der Waals surface area contributed by atoms with Crippen LogP contribution in [0.25, 0.3) is 6.08 Å². The normalized spacial score (nSPS) is 16.5. The van der Waals surface area contributed by atoms with E-state index in [0.717, 1.165) is 48.4 Å². The smallest absolute Gasteiger partial charge is 0.244 e. The molecule has 0 bridgehead atoms. The molecule has 0 saturated carbocycles. The minimum atomic E-state index is -0.0812. The summed E-state index contributed by atoms with van der Waals surface area (Å²) in [6.07, 6.45) is 3.44. The molecule has 5 heteroatoms. The van der Waals surface area contributed by atoms with Gasteiger partial charge in [0.2, 0.25) is 5.91 Å². The first-order valence-corrected chi connectivity index (χ1v) is 9.71. The molecule has 1 aliphatic heterocycles. The Morgan fingerprint density at radius 3 is 2.54 bits per heavy atom. The van der Waals surface area contributed by atoms with Crippen LogP contribution >= 0.6 is 15.9 Å². The Bertz CT molecular complexity index is 743. The van der Waals surface area contributed by atoms with E-state index in [1.807, 2.05) is 48.5 Å². The first-order chi connectivity index (χ1) is 12.7. The maximum Gasteiger partial charge on any atom is 0.244 e. The van der Waals surface area contributed by atoms with Crippen LogP contribution in [0.15, 0.2) is 65.1 Å². The van der Waals surface area contributed by atoms with Crippen LogP contribution in [-0.4, -0.2) is 38.8 Å². The molecule has 0 unspecified atom stereocenters. The monoisotopic (exact) mass is 415 g/mol. The second-order valence-corrected chi connectivity index (χ2v) is 7.25. The van der Waals surface area contributed by atoms with Crippen LogP contribution in [0.5, 0.6) is 0 Å². The van der Waals surface area contributed by atoms with Crippen molar-refractivity contribution in [2.45, 2.75) is 6.04 Å². The molecule has 1 fully saturated rings. The Morgan fingerprint density at radius 2 is 1.81 bits per heavy atom. The third-order valence-corrected chi connectivity index (χ3v) is 5.25. The molecular formula is C21H24BrN2O2+. The van der Waals surface area contributed by atoms with Crippen molar-refractivity contribution in [2.75, 3.05) is 32.8 Å². The number of benzene rings is 2. The van der Waals surface area contributed by atoms with Crippen LogP contribution in [-0.2, 0) is 9.53 Å². The molecule has 2 aromatic carbocycles. The maximum absolute atomic E-state index is 12.5. The SMILES string of the molecule is O=C(/C=C/c1ccccc1Br)N[C@H](C[NH+]1CCOCC1)c1ccccc1. The second kappa shape index (κ2) is 9.67. The van der Waals surface area contributed by atoms with Crippen molar-refractivity contribution in [3.05, 3.63) is 76.3 Å². The fourth-order valence-corrected chi connectivity index (χ4v) is 3.50. The lowest BCUT2D eigenvalue weighted by Gasteiger charge is -2.28. The van der Waals surface area contributed by atoms with Crippen molar-refractivity contribution in [3.8, 4) is 0 Å². The molecule has 3 rings (SSSR count). The highest BCUT2D eigenvalue weighted by Crippen LogP contribution is 2.17. The molecule has 1 aliphatic rings. The summed E-state index contributed by atoms with van der Waals surface area (Å²) in [5, 5.41) is 3.17. The van der Waals surface area contributed by atoms with E-state index in [2.05, 4.69) is 33.4 Å². The lowest BCUT2D eigenvalue weighted by molar-refractivity contribution is -0.909. The van der Waals surface area contributed by atoms with Crippen molar-refractivity contribution in [1.82, 2.24) is 5.32 Å². The summed E-state index contributed by atoms with van der Waals surface area (Å²) in [6, 6.07) is 18.0. The zero-order valence-corrected chi connectivity index (χ0v) is 16.2. The molecule has 0 aliphatic carbocycles. The molecule has 1 saturated heterocycles. The zero-order chi connectivity index (χ0) is 18.2. The van der Waals surface area contributed by atoms with E-state index in [1.54, 1.807) is 6.08 Å². The average Bonchev–Trinajstić information content (AvgIpc) is 2.68. The van der Waals surface area contributed by atoms with Crippen LogP contribution < -0.4 is 10.2 Å². The summed E-state index contributed by atoms with van der Waals surface area (Å²) in [5.41, 5.74) is 2.12. The molecule has 1 amide bonds. The van der Waals surface area contributed by atoms with Crippen LogP contribution in [0.2, 0.25) is 0 Å². The Kier molecular flexibility index (Phi) is 7.00. The minimum absolute atomic E-state index is 0.0133. The Morgan fingerprint density at radius 1 is 1.12 bits per heavy atom. The summed E-state index contributed by atoms with van der Waals surface area (Å²) in [7, 11) is 0. The van der Waals surface area contributed by atoms with Crippen molar-refractivity contribution < 1.29 is 14.4 Å². The lowest BCUT2D eigenvalue weighted by Crippen LogP contribution is -3.14. The van der Waals surface area contributed by atoms with Crippen LogP contribution in [0.3, 0.4) is 0 Å².